The van der Waals surface area contributed by atoms with Crippen LogP contribution in [0, 0.1) is 10.1 Å². The van der Waals surface area contributed by atoms with Gasteiger partial charge in [0.05, 0.1) is 27.6 Å². The van der Waals surface area contributed by atoms with Crippen molar-refractivity contribution in [3.8, 4) is 11.5 Å². The summed E-state index contributed by atoms with van der Waals surface area (Å²) in [5.74, 6) is 0.742. The summed E-state index contributed by atoms with van der Waals surface area (Å²) in [4.78, 5) is 25.3. The summed E-state index contributed by atoms with van der Waals surface area (Å²) in [6, 6.07) is 16.6. The van der Waals surface area contributed by atoms with E-state index in [1.165, 1.54) is 35.9 Å². The standard InChI is InChI=1S/C24H16BrClN2O5S2/c1-32-21-10-15(4-9-20(21)33-13-14-2-5-16(6-3-14)28(30)31)11-22-23(29)27(24(34)35-22)17-7-8-18(25)19(26)12-17/h2-12H,13H2,1H3/b22-11+. The molecule has 1 saturated heterocycles. The van der Waals surface area contributed by atoms with Crippen LogP contribution in [-0.2, 0) is 11.4 Å². The normalized spacial score (nSPS) is 14.5. The maximum atomic E-state index is 13.1. The minimum atomic E-state index is -0.450. The molecule has 1 heterocycles. The highest BCUT2D eigenvalue weighted by molar-refractivity contribution is 9.10. The number of benzene rings is 3. The van der Waals surface area contributed by atoms with Crippen molar-refractivity contribution in [2.24, 2.45) is 0 Å². The van der Waals surface area contributed by atoms with Gasteiger partial charge in [-0.15, -0.1) is 0 Å². The van der Waals surface area contributed by atoms with Gasteiger partial charge in [-0.05, 0) is 75.6 Å². The second kappa shape index (κ2) is 10.8. The molecule has 11 heteroatoms. The first-order chi connectivity index (χ1) is 16.8. The molecule has 0 N–H and O–H groups in total. The molecule has 0 unspecified atom stereocenters. The Morgan fingerprint density at radius 3 is 2.54 bits per heavy atom. The van der Waals surface area contributed by atoms with Crippen molar-refractivity contribution in [1.82, 2.24) is 0 Å². The molecule has 1 fully saturated rings. The maximum Gasteiger partial charge on any atom is 0.270 e. The van der Waals surface area contributed by atoms with Crippen molar-refractivity contribution in [3.05, 3.63) is 96.3 Å². The van der Waals surface area contributed by atoms with Crippen LogP contribution in [0.5, 0.6) is 11.5 Å². The fourth-order valence-electron chi connectivity index (χ4n) is 3.23. The van der Waals surface area contributed by atoms with E-state index in [2.05, 4.69) is 15.9 Å². The molecule has 0 saturated carbocycles. The Hall–Kier alpha value is -2.92. The van der Waals surface area contributed by atoms with Gasteiger partial charge >= 0.3 is 0 Å². The van der Waals surface area contributed by atoms with Gasteiger partial charge in [-0.1, -0.05) is 41.6 Å². The van der Waals surface area contributed by atoms with Crippen LogP contribution in [-0.4, -0.2) is 22.3 Å². The number of thiocarbonyl (C=S) groups is 1. The molecule has 1 aliphatic rings. The zero-order chi connectivity index (χ0) is 25.1. The first-order valence-corrected chi connectivity index (χ1v) is 12.4. The van der Waals surface area contributed by atoms with Crippen molar-refractivity contribution >= 4 is 79.2 Å². The summed E-state index contributed by atoms with van der Waals surface area (Å²) in [7, 11) is 1.52. The number of carbonyl (C=O) groups is 1. The highest BCUT2D eigenvalue weighted by Crippen LogP contribution is 2.39. The highest BCUT2D eigenvalue weighted by atomic mass is 79.9. The number of carbonyl (C=O) groups excluding carboxylic acids is 1. The van der Waals surface area contributed by atoms with Crippen molar-refractivity contribution in [1.29, 1.82) is 0 Å². The van der Waals surface area contributed by atoms with Gasteiger partial charge in [0.1, 0.15) is 6.61 Å². The Bertz CT molecular complexity index is 1360. The molecule has 4 rings (SSSR count). The van der Waals surface area contributed by atoms with E-state index in [4.69, 9.17) is 33.3 Å². The van der Waals surface area contributed by atoms with Crippen LogP contribution < -0.4 is 14.4 Å². The fraction of sp³-hybridized carbons (Fsp3) is 0.0833. The van der Waals surface area contributed by atoms with E-state index in [1.807, 2.05) is 0 Å². The zero-order valence-electron chi connectivity index (χ0n) is 18.1. The number of hydrogen-bond donors (Lipinski definition) is 0. The first kappa shape index (κ1) is 25.2. The summed E-state index contributed by atoms with van der Waals surface area (Å²) in [6.07, 6.45) is 1.74. The molecule has 0 atom stereocenters. The molecule has 0 spiro atoms. The lowest BCUT2D eigenvalue weighted by Gasteiger charge is -2.15. The van der Waals surface area contributed by atoms with E-state index in [0.29, 0.717) is 31.4 Å². The molecule has 3 aromatic rings. The van der Waals surface area contributed by atoms with Crippen molar-refractivity contribution < 1.29 is 19.2 Å². The molecule has 178 valence electrons. The largest absolute Gasteiger partial charge is 0.493 e. The van der Waals surface area contributed by atoms with E-state index in [0.717, 1.165) is 15.6 Å². The summed E-state index contributed by atoms with van der Waals surface area (Å²) >= 11 is 16.2. The molecular weight excluding hydrogens is 576 g/mol. The van der Waals surface area contributed by atoms with Crippen LogP contribution in [0.4, 0.5) is 11.4 Å². The number of halogens is 2. The third-order valence-corrected chi connectivity index (χ3v) is 7.52. The van der Waals surface area contributed by atoms with Gasteiger partial charge in [0.25, 0.3) is 11.6 Å². The number of nitrogens with zero attached hydrogens (tertiary/aromatic N) is 2. The number of nitro benzene ring substituents is 1. The van der Waals surface area contributed by atoms with E-state index in [-0.39, 0.29) is 18.2 Å². The maximum absolute atomic E-state index is 13.1. The zero-order valence-corrected chi connectivity index (χ0v) is 22.0. The number of methoxy groups -OCH3 is 1. The van der Waals surface area contributed by atoms with Crippen LogP contribution >= 0.6 is 51.5 Å². The molecule has 1 aliphatic heterocycles. The Labute approximate surface area is 223 Å². The van der Waals surface area contributed by atoms with Gasteiger partial charge in [-0.2, -0.15) is 0 Å². The lowest BCUT2D eigenvalue weighted by Crippen LogP contribution is -2.27. The highest BCUT2D eigenvalue weighted by Gasteiger charge is 2.33. The fourth-order valence-corrected chi connectivity index (χ4v) is 4.95. The average molecular weight is 592 g/mol. The van der Waals surface area contributed by atoms with E-state index in [9.17, 15) is 14.9 Å². The molecule has 1 amide bonds. The molecule has 7 nitrogen and oxygen atoms in total. The lowest BCUT2D eigenvalue weighted by molar-refractivity contribution is -0.384. The molecule has 35 heavy (non-hydrogen) atoms. The van der Waals surface area contributed by atoms with E-state index in [1.54, 1.807) is 54.6 Å². The molecule has 0 radical (unpaired) electrons. The van der Waals surface area contributed by atoms with Gasteiger partial charge in [0, 0.05) is 16.6 Å². The molecule has 3 aromatic carbocycles. The topological polar surface area (TPSA) is 81.9 Å². The molecular formula is C24H16BrClN2O5S2. The summed E-state index contributed by atoms with van der Waals surface area (Å²) in [5.41, 5.74) is 2.12. The number of nitro groups is 1. The quantitative estimate of drug-likeness (QED) is 0.127. The van der Waals surface area contributed by atoms with E-state index >= 15 is 0 Å². The van der Waals surface area contributed by atoms with Crippen molar-refractivity contribution in [3.63, 3.8) is 0 Å². The monoisotopic (exact) mass is 590 g/mol. The SMILES string of the molecule is COc1cc(/C=C2/SC(=S)N(c3ccc(Br)c(Cl)c3)C2=O)ccc1OCc1ccc([N+](=O)[O-])cc1. The number of thioether (sulfide) groups is 1. The van der Waals surface area contributed by atoms with Crippen LogP contribution in [0.3, 0.4) is 0 Å². The molecule has 0 bridgehead atoms. The van der Waals surface area contributed by atoms with Crippen LogP contribution in [0.2, 0.25) is 5.02 Å². The van der Waals surface area contributed by atoms with Crippen molar-refractivity contribution in [2.45, 2.75) is 6.61 Å². The number of ether oxygens (including phenoxy) is 2. The number of rotatable bonds is 7. The van der Waals surface area contributed by atoms with Crippen LogP contribution in [0.1, 0.15) is 11.1 Å². The Morgan fingerprint density at radius 2 is 1.89 bits per heavy atom. The second-order valence-electron chi connectivity index (χ2n) is 7.24. The van der Waals surface area contributed by atoms with E-state index < -0.39 is 4.92 Å². The Kier molecular flexibility index (Phi) is 7.75. The number of amides is 1. The predicted molar refractivity (Wildman–Crippen MR) is 145 cm³/mol. The summed E-state index contributed by atoms with van der Waals surface area (Å²) in [5, 5.41) is 11.3. The Balaban J connectivity index is 1.51. The van der Waals surface area contributed by atoms with Crippen LogP contribution in [0.15, 0.2) is 70.0 Å². The van der Waals surface area contributed by atoms with Gasteiger partial charge in [-0.25, -0.2) is 0 Å². The van der Waals surface area contributed by atoms with Crippen molar-refractivity contribution in [2.75, 3.05) is 12.0 Å². The molecule has 0 aliphatic carbocycles. The minimum Gasteiger partial charge on any atom is -0.493 e. The lowest BCUT2D eigenvalue weighted by atomic mass is 10.1. The Morgan fingerprint density at radius 1 is 1.14 bits per heavy atom. The smallest absolute Gasteiger partial charge is 0.270 e. The number of hydrogen-bond acceptors (Lipinski definition) is 7. The first-order valence-electron chi connectivity index (χ1n) is 10.0. The number of anilines is 1. The third-order valence-electron chi connectivity index (χ3n) is 4.98. The molecule has 0 aromatic heterocycles. The van der Waals surface area contributed by atoms with Crippen LogP contribution in [0.25, 0.3) is 6.08 Å². The predicted octanol–water partition coefficient (Wildman–Crippen LogP) is 7.00. The third kappa shape index (κ3) is 5.67. The van der Waals surface area contributed by atoms with Gasteiger partial charge in [0.15, 0.2) is 15.8 Å². The minimum absolute atomic E-state index is 0.0179. The van der Waals surface area contributed by atoms with Gasteiger partial charge < -0.3 is 9.47 Å². The summed E-state index contributed by atoms with van der Waals surface area (Å²) < 4.78 is 12.4. The second-order valence-corrected chi connectivity index (χ2v) is 10.2. The summed E-state index contributed by atoms with van der Waals surface area (Å²) in [6.45, 7) is 0.210. The average Bonchev–Trinajstić information content (AvgIpc) is 3.12. The van der Waals surface area contributed by atoms with Gasteiger partial charge in [-0.3, -0.25) is 19.8 Å². The number of non-ortho nitro benzene ring substituents is 1. The van der Waals surface area contributed by atoms with Gasteiger partial charge in [0.2, 0.25) is 0 Å².